The molecule has 1 rings (SSSR count). The van der Waals surface area contributed by atoms with Gasteiger partial charge in [0, 0.05) is 5.56 Å². The molecule has 0 heterocycles. The van der Waals surface area contributed by atoms with Crippen LogP contribution in [0.2, 0.25) is 0 Å². The van der Waals surface area contributed by atoms with Crippen molar-refractivity contribution in [3.63, 3.8) is 0 Å². The van der Waals surface area contributed by atoms with E-state index in [2.05, 4.69) is 5.32 Å². The zero-order chi connectivity index (χ0) is 13.5. The number of benzene rings is 1. The van der Waals surface area contributed by atoms with Gasteiger partial charge in [-0.1, -0.05) is 0 Å². The number of nitrogens with one attached hydrogen (secondary N) is 1. The Labute approximate surface area is 105 Å². The maximum atomic E-state index is 11.8. The summed E-state index contributed by atoms with van der Waals surface area (Å²) in [6.45, 7) is 1.68. The molecule has 1 aromatic rings. The fraction of sp³-hybridized carbons (Fsp3) is 0.417. The van der Waals surface area contributed by atoms with Crippen LogP contribution in [0.3, 0.4) is 0 Å². The number of hydrogen-bond acceptors (Lipinski definition) is 5. The fourth-order valence-electron chi connectivity index (χ4n) is 1.39. The summed E-state index contributed by atoms with van der Waals surface area (Å²) in [4.78, 5) is 11.8. The molecule has 0 aromatic heterocycles. The van der Waals surface area contributed by atoms with Gasteiger partial charge >= 0.3 is 0 Å². The summed E-state index contributed by atoms with van der Waals surface area (Å²) in [5, 5.41) is 20.2. The molecule has 0 radical (unpaired) electrons. The van der Waals surface area contributed by atoms with Gasteiger partial charge in [-0.05, 0) is 25.1 Å². The molecule has 0 saturated carbocycles. The highest BCUT2D eigenvalue weighted by Crippen LogP contribution is 2.22. The molecule has 6 heteroatoms. The Morgan fingerprint density at radius 1 is 1.44 bits per heavy atom. The van der Waals surface area contributed by atoms with Crippen LogP contribution in [-0.2, 0) is 0 Å². The molecule has 0 saturated heterocycles. The van der Waals surface area contributed by atoms with E-state index in [1.54, 1.807) is 12.1 Å². The van der Waals surface area contributed by atoms with E-state index < -0.39 is 11.9 Å². The molecule has 1 amide bonds. The lowest BCUT2D eigenvalue weighted by atomic mass is 10.1. The molecule has 1 aromatic carbocycles. The number of nitrogen functional groups attached to an aromatic ring is 1. The number of amides is 1. The highest BCUT2D eigenvalue weighted by atomic mass is 16.5. The Kier molecular flexibility index (Phi) is 5.41. The van der Waals surface area contributed by atoms with Crippen LogP contribution in [0.25, 0.3) is 0 Å². The van der Waals surface area contributed by atoms with E-state index in [1.165, 1.54) is 6.07 Å². The molecule has 6 nitrogen and oxygen atoms in total. The molecule has 0 atom stereocenters. The Morgan fingerprint density at radius 3 is 2.61 bits per heavy atom. The van der Waals surface area contributed by atoms with Crippen LogP contribution in [0, 0.1) is 0 Å². The van der Waals surface area contributed by atoms with Crippen molar-refractivity contribution in [2.45, 2.75) is 13.0 Å². The molecule has 0 bridgehead atoms. The molecular weight excluding hydrogens is 236 g/mol. The van der Waals surface area contributed by atoms with E-state index in [0.717, 1.165) is 0 Å². The quantitative estimate of drug-likeness (QED) is 0.524. The van der Waals surface area contributed by atoms with Crippen molar-refractivity contribution in [2.24, 2.45) is 0 Å². The second-order valence-electron chi connectivity index (χ2n) is 3.72. The van der Waals surface area contributed by atoms with Crippen molar-refractivity contribution in [1.82, 2.24) is 5.32 Å². The number of hydrogen-bond donors (Lipinski definition) is 4. The Balaban J connectivity index is 2.78. The summed E-state index contributed by atoms with van der Waals surface area (Å²) < 4.78 is 5.26. The van der Waals surface area contributed by atoms with Gasteiger partial charge in [-0.15, -0.1) is 0 Å². The van der Waals surface area contributed by atoms with E-state index >= 15 is 0 Å². The van der Waals surface area contributed by atoms with E-state index in [1.807, 2.05) is 6.92 Å². The predicted molar refractivity (Wildman–Crippen MR) is 67.4 cm³/mol. The molecular formula is C12H18N2O4. The van der Waals surface area contributed by atoms with Crippen LogP contribution in [0.5, 0.6) is 5.75 Å². The average molecular weight is 254 g/mol. The van der Waals surface area contributed by atoms with Crippen molar-refractivity contribution in [1.29, 1.82) is 0 Å². The summed E-state index contributed by atoms with van der Waals surface area (Å²) >= 11 is 0. The normalized spacial score (nSPS) is 10.4. The standard InChI is InChI=1S/C12H18N2O4/c1-2-18-11-4-3-8(5-10(11)13)12(17)14-9(6-15)7-16/h3-5,9,15-16H,2,6-7,13H2,1H3,(H,14,17). The number of ether oxygens (including phenoxy) is 1. The van der Waals surface area contributed by atoms with E-state index in [4.69, 9.17) is 20.7 Å². The van der Waals surface area contributed by atoms with Gasteiger partial charge in [-0.2, -0.15) is 0 Å². The first-order chi connectivity index (χ1) is 8.62. The van der Waals surface area contributed by atoms with Crippen LogP contribution >= 0.6 is 0 Å². The average Bonchev–Trinajstić information content (AvgIpc) is 2.38. The first kappa shape index (κ1) is 14.3. The third kappa shape index (κ3) is 3.61. The lowest BCUT2D eigenvalue weighted by molar-refractivity contribution is 0.0879. The minimum atomic E-state index is -0.676. The largest absolute Gasteiger partial charge is 0.492 e. The number of aliphatic hydroxyl groups excluding tert-OH is 2. The van der Waals surface area contributed by atoms with Crippen molar-refractivity contribution < 1.29 is 19.7 Å². The number of carbonyl (C=O) groups is 1. The second-order valence-corrected chi connectivity index (χ2v) is 3.72. The summed E-state index contributed by atoms with van der Waals surface area (Å²) in [6.07, 6.45) is 0. The third-order valence-corrected chi connectivity index (χ3v) is 2.35. The third-order valence-electron chi connectivity index (χ3n) is 2.35. The van der Waals surface area contributed by atoms with Crippen LogP contribution in [0.4, 0.5) is 5.69 Å². The first-order valence-electron chi connectivity index (χ1n) is 5.67. The minimum Gasteiger partial charge on any atom is -0.492 e. The SMILES string of the molecule is CCOc1ccc(C(=O)NC(CO)CO)cc1N. The molecule has 0 fully saturated rings. The summed E-state index contributed by atoms with van der Waals surface area (Å²) in [5.41, 5.74) is 6.46. The summed E-state index contributed by atoms with van der Waals surface area (Å²) in [5.74, 6) is 0.118. The molecule has 0 aliphatic heterocycles. The van der Waals surface area contributed by atoms with Crippen LogP contribution in [-0.4, -0.2) is 42.0 Å². The lowest BCUT2D eigenvalue weighted by Gasteiger charge is -2.14. The van der Waals surface area contributed by atoms with Crippen molar-refractivity contribution >= 4 is 11.6 Å². The Morgan fingerprint density at radius 2 is 2.11 bits per heavy atom. The minimum absolute atomic E-state index is 0.325. The van der Waals surface area contributed by atoms with E-state index in [-0.39, 0.29) is 13.2 Å². The number of nitrogens with two attached hydrogens (primary N) is 1. The molecule has 100 valence electrons. The lowest BCUT2D eigenvalue weighted by Crippen LogP contribution is -2.40. The molecule has 0 aliphatic rings. The van der Waals surface area contributed by atoms with E-state index in [9.17, 15) is 4.79 Å². The van der Waals surface area contributed by atoms with Crippen molar-refractivity contribution in [2.75, 3.05) is 25.6 Å². The first-order valence-corrected chi connectivity index (χ1v) is 5.67. The van der Waals surface area contributed by atoms with Gasteiger partial charge < -0.3 is 26.0 Å². The second kappa shape index (κ2) is 6.83. The topological polar surface area (TPSA) is 105 Å². The number of carbonyl (C=O) groups excluding carboxylic acids is 1. The highest BCUT2D eigenvalue weighted by molar-refractivity contribution is 5.95. The van der Waals surface area contributed by atoms with E-state index in [0.29, 0.717) is 23.6 Å². The number of anilines is 1. The molecule has 18 heavy (non-hydrogen) atoms. The van der Waals surface area contributed by atoms with Crippen molar-refractivity contribution in [3.8, 4) is 5.75 Å². The molecule has 5 N–H and O–H groups in total. The fourth-order valence-corrected chi connectivity index (χ4v) is 1.39. The Hall–Kier alpha value is -1.79. The smallest absolute Gasteiger partial charge is 0.251 e. The van der Waals surface area contributed by atoms with Gasteiger partial charge in [0.05, 0.1) is 31.5 Å². The van der Waals surface area contributed by atoms with Crippen molar-refractivity contribution in [3.05, 3.63) is 23.8 Å². The zero-order valence-electron chi connectivity index (χ0n) is 10.2. The summed E-state index contributed by atoms with van der Waals surface area (Å²) in [7, 11) is 0. The van der Waals surface area contributed by atoms with Gasteiger partial charge in [0.15, 0.2) is 0 Å². The predicted octanol–water partition coefficient (Wildman–Crippen LogP) is -0.250. The molecule has 0 aliphatic carbocycles. The van der Waals surface area contributed by atoms with Gasteiger partial charge in [0.2, 0.25) is 0 Å². The number of aliphatic hydroxyl groups is 2. The molecule has 0 unspecified atom stereocenters. The van der Waals surface area contributed by atoms with Gasteiger partial charge in [0.1, 0.15) is 5.75 Å². The number of rotatable bonds is 6. The van der Waals surface area contributed by atoms with Crippen LogP contribution < -0.4 is 15.8 Å². The van der Waals surface area contributed by atoms with Crippen LogP contribution in [0.1, 0.15) is 17.3 Å². The highest BCUT2D eigenvalue weighted by Gasteiger charge is 2.13. The van der Waals surface area contributed by atoms with Gasteiger partial charge in [-0.25, -0.2) is 0 Å². The maximum absolute atomic E-state index is 11.8. The Bertz CT molecular complexity index is 405. The maximum Gasteiger partial charge on any atom is 0.251 e. The zero-order valence-corrected chi connectivity index (χ0v) is 10.2. The van der Waals surface area contributed by atoms with Gasteiger partial charge in [0.25, 0.3) is 5.91 Å². The monoisotopic (exact) mass is 254 g/mol. The van der Waals surface area contributed by atoms with Gasteiger partial charge in [-0.3, -0.25) is 4.79 Å². The summed E-state index contributed by atoms with van der Waals surface area (Å²) in [6, 6.07) is 4.00. The van der Waals surface area contributed by atoms with Crippen LogP contribution in [0.15, 0.2) is 18.2 Å². The molecule has 0 spiro atoms.